The van der Waals surface area contributed by atoms with Crippen LogP contribution in [0.4, 0.5) is 0 Å². The number of carbonyl (C=O) groups excluding carboxylic acids is 2. The molecule has 0 saturated carbocycles. The van der Waals surface area contributed by atoms with E-state index >= 15 is 0 Å². The van der Waals surface area contributed by atoms with E-state index in [2.05, 4.69) is 34.6 Å². The number of amides is 1. The van der Waals surface area contributed by atoms with Crippen molar-refractivity contribution in [1.82, 2.24) is 10.3 Å². The molecule has 0 saturated heterocycles. The summed E-state index contributed by atoms with van der Waals surface area (Å²) in [4.78, 5) is 28.6. The fraction of sp³-hybridized carbons (Fsp3) is 0.167. The van der Waals surface area contributed by atoms with Gasteiger partial charge in [-0.15, -0.1) is 11.3 Å². The van der Waals surface area contributed by atoms with Crippen LogP contribution in [-0.4, -0.2) is 23.2 Å². The SMILES string of the molecule is O=C(CCC(=O)c1cccs1)NCC(c1ccccc1)c1c[nH]c2ccccc12. The van der Waals surface area contributed by atoms with Gasteiger partial charge in [0.15, 0.2) is 5.78 Å². The molecule has 0 aliphatic rings. The maximum absolute atomic E-state index is 12.4. The molecule has 2 N–H and O–H groups in total. The third-order valence-electron chi connectivity index (χ3n) is 5.08. The van der Waals surface area contributed by atoms with Crippen LogP contribution >= 0.6 is 11.3 Å². The second kappa shape index (κ2) is 8.88. The van der Waals surface area contributed by atoms with Crippen molar-refractivity contribution in [2.45, 2.75) is 18.8 Å². The lowest BCUT2D eigenvalue weighted by molar-refractivity contribution is -0.121. The number of thiophene rings is 1. The molecule has 0 bridgehead atoms. The van der Waals surface area contributed by atoms with Gasteiger partial charge in [-0.05, 0) is 28.6 Å². The highest BCUT2D eigenvalue weighted by molar-refractivity contribution is 7.12. The minimum atomic E-state index is -0.101. The quantitative estimate of drug-likeness (QED) is 0.401. The molecule has 1 amide bonds. The normalized spacial score (nSPS) is 12.0. The van der Waals surface area contributed by atoms with Crippen molar-refractivity contribution < 1.29 is 9.59 Å². The molecule has 2 aromatic heterocycles. The summed E-state index contributed by atoms with van der Waals surface area (Å²) in [5, 5.41) is 6.06. The average Bonchev–Trinajstić information content (AvgIpc) is 3.44. The topological polar surface area (TPSA) is 62.0 Å². The largest absolute Gasteiger partial charge is 0.361 e. The van der Waals surface area contributed by atoms with Crippen molar-refractivity contribution in [2.75, 3.05) is 6.54 Å². The molecule has 2 aromatic carbocycles. The zero-order chi connectivity index (χ0) is 20.1. The standard InChI is InChI=1S/C24H22N2O2S/c27-22(23-11-6-14-29-23)12-13-24(28)26-15-19(17-7-2-1-3-8-17)20-16-25-21-10-5-4-9-18(20)21/h1-11,14,16,19,25H,12-13,15H2,(H,26,28). The molecule has 0 aliphatic heterocycles. The third kappa shape index (κ3) is 4.46. The first-order chi connectivity index (χ1) is 14.2. The van der Waals surface area contributed by atoms with Gasteiger partial charge in [-0.3, -0.25) is 9.59 Å². The van der Waals surface area contributed by atoms with Crippen molar-refractivity contribution in [3.63, 3.8) is 0 Å². The molecule has 2 heterocycles. The molecular weight excluding hydrogens is 380 g/mol. The molecule has 0 spiro atoms. The van der Waals surface area contributed by atoms with E-state index in [1.807, 2.05) is 48.0 Å². The highest BCUT2D eigenvalue weighted by Gasteiger charge is 2.19. The van der Waals surface area contributed by atoms with Gasteiger partial charge in [-0.2, -0.15) is 0 Å². The second-order valence-electron chi connectivity index (χ2n) is 6.96. The van der Waals surface area contributed by atoms with Crippen LogP contribution in [0, 0.1) is 0 Å². The van der Waals surface area contributed by atoms with Gasteiger partial charge in [-0.25, -0.2) is 0 Å². The molecule has 0 fully saturated rings. The zero-order valence-electron chi connectivity index (χ0n) is 15.9. The molecule has 1 atom stereocenters. The third-order valence-corrected chi connectivity index (χ3v) is 5.99. The fourth-order valence-corrected chi connectivity index (χ4v) is 4.26. The lowest BCUT2D eigenvalue weighted by atomic mass is 9.91. The van der Waals surface area contributed by atoms with Crippen LogP contribution in [0.2, 0.25) is 0 Å². The molecule has 0 radical (unpaired) electrons. The van der Waals surface area contributed by atoms with E-state index in [1.54, 1.807) is 6.07 Å². The monoisotopic (exact) mass is 402 g/mol. The maximum atomic E-state index is 12.4. The van der Waals surface area contributed by atoms with Crippen LogP contribution in [0.1, 0.15) is 39.6 Å². The van der Waals surface area contributed by atoms with Crippen LogP contribution in [0.5, 0.6) is 0 Å². The van der Waals surface area contributed by atoms with Crippen molar-refractivity contribution in [3.8, 4) is 0 Å². The molecule has 146 valence electrons. The minimum Gasteiger partial charge on any atom is -0.361 e. The first-order valence-corrected chi connectivity index (χ1v) is 10.5. The number of benzene rings is 2. The summed E-state index contributed by atoms with van der Waals surface area (Å²) in [6.45, 7) is 0.484. The molecule has 29 heavy (non-hydrogen) atoms. The van der Waals surface area contributed by atoms with Crippen LogP contribution in [0.3, 0.4) is 0 Å². The van der Waals surface area contributed by atoms with E-state index in [4.69, 9.17) is 0 Å². The number of Topliss-reactive ketones (excluding diaryl/α,β-unsaturated/α-hetero) is 1. The lowest BCUT2D eigenvalue weighted by Crippen LogP contribution is -2.29. The minimum absolute atomic E-state index is 0.0198. The maximum Gasteiger partial charge on any atom is 0.220 e. The number of carbonyl (C=O) groups is 2. The Bertz CT molecular complexity index is 1100. The highest BCUT2D eigenvalue weighted by atomic mass is 32.1. The van der Waals surface area contributed by atoms with Gasteiger partial charge in [0.05, 0.1) is 4.88 Å². The van der Waals surface area contributed by atoms with E-state index < -0.39 is 0 Å². The smallest absolute Gasteiger partial charge is 0.220 e. The fourth-order valence-electron chi connectivity index (χ4n) is 3.57. The molecule has 4 aromatic rings. The summed E-state index contributed by atoms with van der Waals surface area (Å²) in [6, 6.07) is 22.0. The van der Waals surface area contributed by atoms with E-state index in [1.165, 1.54) is 11.3 Å². The van der Waals surface area contributed by atoms with E-state index in [9.17, 15) is 9.59 Å². The zero-order valence-corrected chi connectivity index (χ0v) is 16.7. The molecule has 0 aliphatic carbocycles. The number of nitrogens with one attached hydrogen (secondary N) is 2. The van der Waals surface area contributed by atoms with Gasteiger partial charge < -0.3 is 10.3 Å². The number of hydrogen-bond acceptors (Lipinski definition) is 3. The van der Waals surface area contributed by atoms with Gasteiger partial charge in [0, 0.05) is 42.4 Å². The van der Waals surface area contributed by atoms with Crippen molar-refractivity contribution in [3.05, 3.63) is 94.3 Å². The average molecular weight is 403 g/mol. The Morgan fingerprint density at radius 2 is 1.72 bits per heavy atom. The Kier molecular flexibility index (Phi) is 5.86. The van der Waals surface area contributed by atoms with E-state index in [0.29, 0.717) is 11.4 Å². The molecule has 4 rings (SSSR count). The van der Waals surface area contributed by atoms with Gasteiger partial charge in [-0.1, -0.05) is 54.6 Å². The summed E-state index contributed by atoms with van der Waals surface area (Å²) in [6.07, 6.45) is 2.45. The Hall–Kier alpha value is -3.18. The number of fused-ring (bicyclic) bond motifs is 1. The second-order valence-corrected chi connectivity index (χ2v) is 7.91. The molecule has 4 nitrogen and oxygen atoms in total. The first-order valence-electron chi connectivity index (χ1n) is 9.67. The number of H-pyrrole nitrogens is 1. The Morgan fingerprint density at radius 3 is 2.52 bits per heavy atom. The van der Waals surface area contributed by atoms with Crippen LogP contribution < -0.4 is 5.32 Å². The Labute approximate surface area is 173 Å². The van der Waals surface area contributed by atoms with Gasteiger partial charge in [0.1, 0.15) is 0 Å². The summed E-state index contributed by atoms with van der Waals surface area (Å²) >= 11 is 1.41. The first kappa shape index (κ1) is 19.2. The Morgan fingerprint density at radius 1 is 0.931 bits per heavy atom. The number of aromatic amines is 1. The Balaban J connectivity index is 1.46. The number of hydrogen-bond donors (Lipinski definition) is 2. The van der Waals surface area contributed by atoms with Crippen molar-refractivity contribution in [1.29, 1.82) is 0 Å². The summed E-state index contributed by atoms with van der Waals surface area (Å²) < 4.78 is 0. The predicted molar refractivity (Wildman–Crippen MR) is 117 cm³/mol. The van der Waals surface area contributed by atoms with Crippen LogP contribution in [0.15, 0.2) is 78.3 Å². The predicted octanol–water partition coefficient (Wildman–Crippen LogP) is 5.14. The van der Waals surface area contributed by atoms with Crippen LogP contribution in [0.25, 0.3) is 10.9 Å². The number of para-hydroxylation sites is 1. The van der Waals surface area contributed by atoms with Crippen molar-refractivity contribution in [2.24, 2.45) is 0 Å². The number of aromatic nitrogens is 1. The number of rotatable bonds is 8. The summed E-state index contributed by atoms with van der Waals surface area (Å²) in [7, 11) is 0. The number of ketones is 1. The lowest BCUT2D eigenvalue weighted by Gasteiger charge is -2.18. The van der Waals surface area contributed by atoms with E-state index in [-0.39, 0.29) is 30.4 Å². The van der Waals surface area contributed by atoms with Crippen molar-refractivity contribution >= 4 is 33.9 Å². The van der Waals surface area contributed by atoms with Crippen LogP contribution in [-0.2, 0) is 4.79 Å². The van der Waals surface area contributed by atoms with Gasteiger partial charge in [0.25, 0.3) is 0 Å². The van der Waals surface area contributed by atoms with Gasteiger partial charge in [0.2, 0.25) is 5.91 Å². The molecule has 1 unspecified atom stereocenters. The molecular formula is C24H22N2O2S. The van der Waals surface area contributed by atoms with Gasteiger partial charge >= 0.3 is 0 Å². The highest BCUT2D eigenvalue weighted by Crippen LogP contribution is 2.30. The molecule has 5 heteroatoms. The van der Waals surface area contributed by atoms with E-state index in [0.717, 1.165) is 22.0 Å². The summed E-state index contributed by atoms with van der Waals surface area (Å²) in [5.74, 6) is -0.0497. The summed E-state index contributed by atoms with van der Waals surface area (Å²) in [5.41, 5.74) is 3.38.